The molecule has 0 heterocycles. The third kappa shape index (κ3) is 7.66. The molecule has 6 heteroatoms. The van der Waals surface area contributed by atoms with E-state index in [1.54, 1.807) is 0 Å². The quantitative estimate of drug-likeness (QED) is 0.423. The van der Waals surface area contributed by atoms with Gasteiger partial charge in [0.05, 0.1) is 5.25 Å². The Bertz CT molecular complexity index is 489. The van der Waals surface area contributed by atoms with Crippen LogP contribution in [0.4, 0.5) is 0 Å². The zero-order valence-corrected chi connectivity index (χ0v) is 15.2. The first-order valence-corrected chi connectivity index (χ1v) is 8.74. The van der Waals surface area contributed by atoms with Crippen molar-refractivity contribution in [2.75, 3.05) is 6.54 Å². The van der Waals surface area contributed by atoms with Crippen LogP contribution in [0, 0.1) is 12.8 Å². The molecule has 0 aliphatic rings. The van der Waals surface area contributed by atoms with E-state index < -0.39 is 0 Å². The zero-order valence-electron chi connectivity index (χ0n) is 13.6. The van der Waals surface area contributed by atoms with Crippen LogP contribution in [-0.2, 0) is 4.79 Å². The van der Waals surface area contributed by atoms with Crippen LogP contribution in [0.5, 0.6) is 0 Å². The molecule has 0 saturated heterocycles. The number of thiocarbonyl (C=S) groups is 1. The van der Waals surface area contributed by atoms with Gasteiger partial charge in [-0.25, -0.2) is 0 Å². The second-order valence-corrected chi connectivity index (χ2v) is 7.45. The van der Waals surface area contributed by atoms with Crippen molar-refractivity contribution in [3.8, 4) is 0 Å². The number of hydrogen-bond donors (Lipinski definition) is 3. The molecule has 22 heavy (non-hydrogen) atoms. The van der Waals surface area contributed by atoms with Gasteiger partial charge in [-0.15, -0.1) is 11.8 Å². The lowest BCUT2D eigenvalue weighted by molar-refractivity contribution is -0.120. The summed E-state index contributed by atoms with van der Waals surface area (Å²) in [6.45, 7) is 9.03. The molecule has 3 N–H and O–H groups in total. The van der Waals surface area contributed by atoms with Crippen LogP contribution in [0.15, 0.2) is 29.2 Å². The van der Waals surface area contributed by atoms with Gasteiger partial charge in [0.2, 0.25) is 0 Å². The lowest BCUT2D eigenvalue weighted by Gasteiger charge is -2.15. The highest BCUT2D eigenvalue weighted by molar-refractivity contribution is 8.00. The molecule has 1 aromatic rings. The molecule has 0 bridgehead atoms. The van der Waals surface area contributed by atoms with Gasteiger partial charge in [-0.2, -0.15) is 0 Å². The van der Waals surface area contributed by atoms with Gasteiger partial charge < -0.3 is 5.32 Å². The van der Waals surface area contributed by atoms with Gasteiger partial charge in [0, 0.05) is 11.4 Å². The maximum Gasteiger partial charge on any atom is 0.251 e. The molecule has 0 spiro atoms. The smallest absolute Gasteiger partial charge is 0.251 e. The molecule has 122 valence electrons. The number of aryl methyl sites for hydroxylation is 1. The minimum absolute atomic E-state index is 0.0985. The molecule has 1 atom stereocenters. The maximum atomic E-state index is 12.0. The van der Waals surface area contributed by atoms with E-state index >= 15 is 0 Å². The fourth-order valence-electron chi connectivity index (χ4n) is 1.61. The number of carbonyl (C=O) groups excluding carboxylic acids is 1. The summed E-state index contributed by atoms with van der Waals surface area (Å²) in [6, 6.07) is 8.13. The highest BCUT2D eigenvalue weighted by atomic mass is 32.2. The Morgan fingerprint density at radius 1 is 1.18 bits per heavy atom. The molecule has 0 fully saturated rings. The Balaban J connectivity index is 2.29. The summed E-state index contributed by atoms with van der Waals surface area (Å²) in [7, 11) is 0. The van der Waals surface area contributed by atoms with Crippen LogP contribution in [0.2, 0.25) is 0 Å². The first kappa shape index (κ1) is 18.8. The molecule has 1 aromatic carbocycles. The standard InChI is InChI=1S/C16H25N3OS2/c1-11(2)9-10-17-16(21)19-18-15(20)13(4)22-14-7-5-12(3)6-8-14/h5-8,11,13H,9-10H2,1-4H3,(H,18,20)(H2,17,19,21)/t13-/m0/s1. The number of nitrogens with one attached hydrogen (secondary N) is 3. The number of carbonyl (C=O) groups is 1. The molecule has 0 unspecified atom stereocenters. The average Bonchev–Trinajstić information content (AvgIpc) is 2.46. The van der Waals surface area contributed by atoms with Gasteiger partial charge in [-0.05, 0) is 50.5 Å². The highest BCUT2D eigenvalue weighted by Gasteiger charge is 2.14. The molecule has 0 aromatic heterocycles. The number of hydrazine groups is 1. The summed E-state index contributed by atoms with van der Waals surface area (Å²) in [5, 5.41) is 3.31. The first-order chi connectivity index (χ1) is 10.4. The van der Waals surface area contributed by atoms with Gasteiger partial charge in [0.15, 0.2) is 5.11 Å². The number of benzene rings is 1. The van der Waals surface area contributed by atoms with Gasteiger partial charge in [-0.3, -0.25) is 15.6 Å². The fourth-order valence-corrected chi connectivity index (χ4v) is 2.63. The summed E-state index contributed by atoms with van der Waals surface area (Å²) in [4.78, 5) is 13.1. The fraction of sp³-hybridized carbons (Fsp3) is 0.500. The van der Waals surface area contributed by atoms with E-state index in [1.165, 1.54) is 17.3 Å². The Kier molecular flexibility index (Phi) is 8.27. The molecular formula is C16H25N3OS2. The summed E-state index contributed by atoms with van der Waals surface area (Å²) in [5.74, 6) is 0.523. The van der Waals surface area contributed by atoms with Crippen molar-refractivity contribution in [1.82, 2.24) is 16.2 Å². The van der Waals surface area contributed by atoms with Gasteiger partial charge in [0.25, 0.3) is 5.91 Å². The van der Waals surface area contributed by atoms with Crippen molar-refractivity contribution < 1.29 is 4.79 Å². The van der Waals surface area contributed by atoms with E-state index in [0.717, 1.165) is 17.9 Å². The van der Waals surface area contributed by atoms with E-state index in [1.807, 2.05) is 38.1 Å². The number of hydrogen-bond acceptors (Lipinski definition) is 3. The molecule has 1 amide bonds. The van der Waals surface area contributed by atoms with Crippen molar-refractivity contribution in [1.29, 1.82) is 0 Å². The SMILES string of the molecule is Cc1ccc(S[C@@H](C)C(=O)NNC(=S)NCCC(C)C)cc1. The Labute approximate surface area is 142 Å². The van der Waals surface area contributed by atoms with E-state index in [2.05, 4.69) is 30.0 Å². The summed E-state index contributed by atoms with van der Waals surface area (Å²) in [6.07, 6.45) is 1.04. The Hall–Kier alpha value is -1.27. The first-order valence-electron chi connectivity index (χ1n) is 7.45. The molecule has 0 aliphatic carbocycles. The zero-order chi connectivity index (χ0) is 16.5. The molecular weight excluding hydrogens is 314 g/mol. The maximum absolute atomic E-state index is 12.0. The van der Waals surface area contributed by atoms with Crippen molar-refractivity contribution in [2.45, 2.75) is 44.3 Å². The predicted molar refractivity (Wildman–Crippen MR) is 97.8 cm³/mol. The van der Waals surface area contributed by atoms with E-state index in [9.17, 15) is 4.79 Å². The highest BCUT2D eigenvalue weighted by Crippen LogP contribution is 2.23. The largest absolute Gasteiger partial charge is 0.361 e. The molecule has 4 nitrogen and oxygen atoms in total. The van der Waals surface area contributed by atoms with E-state index in [0.29, 0.717) is 11.0 Å². The molecule has 0 radical (unpaired) electrons. The van der Waals surface area contributed by atoms with E-state index in [4.69, 9.17) is 12.2 Å². The minimum atomic E-state index is -0.200. The molecule has 1 rings (SSSR count). The van der Waals surface area contributed by atoms with Gasteiger partial charge in [0.1, 0.15) is 0 Å². The van der Waals surface area contributed by atoms with Crippen LogP contribution < -0.4 is 16.2 Å². The third-order valence-corrected chi connectivity index (χ3v) is 4.37. The van der Waals surface area contributed by atoms with Crippen molar-refractivity contribution in [3.63, 3.8) is 0 Å². The van der Waals surface area contributed by atoms with Crippen LogP contribution >= 0.6 is 24.0 Å². The van der Waals surface area contributed by atoms with E-state index in [-0.39, 0.29) is 11.2 Å². The summed E-state index contributed by atoms with van der Waals surface area (Å²) < 4.78 is 0. The third-order valence-electron chi connectivity index (χ3n) is 3.01. The van der Waals surface area contributed by atoms with Crippen LogP contribution in [0.3, 0.4) is 0 Å². The summed E-state index contributed by atoms with van der Waals surface area (Å²) in [5.41, 5.74) is 6.59. The predicted octanol–water partition coefficient (Wildman–Crippen LogP) is 3.02. The van der Waals surface area contributed by atoms with Crippen molar-refractivity contribution >= 4 is 35.0 Å². The van der Waals surface area contributed by atoms with Crippen LogP contribution in [-0.4, -0.2) is 22.8 Å². The average molecular weight is 340 g/mol. The summed E-state index contributed by atoms with van der Waals surface area (Å²) >= 11 is 6.63. The van der Waals surface area contributed by atoms with Crippen LogP contribution in [0.1, 0.15) is 32.8 Å². The number of amides is 1. The minimum Gasteiger partial charge on any atom is -0.361 e. The Morgan fingerprint density at radius 2 is 1.82 bits per heavy atom. The Morgan fingerprint density at radius 3 is 2.41 bits per heavy atom. The van der Waals surface area contributed by atoms with Gasteiger partial charge >= 0.3 is 0 Å². The lowest BCUT2D eigenvalue weighted by atomic mass is 10.1. The number of rotatable bonds is 6. The van der Waals surface area contributed by atoms with Gasteiger partial charge in [-0.1, -0.05) is 31.5 Å². The van der Waals surface area contributed by atoms with Crippen LogP contribution in [0.25, 0.3) is 0 Å². The molecule has 0 aliphatic heterocycles. The topological polar surface area (TPSA) is 53.2 Å². The lowest BCUT2D eigenvalue weighted by Crippen LogP contribution is -2.49. The second-order valence-electron chi connectivity index (χ2n) is 5.63. The second kappa shape index (κ2) is 9.69. The van der Waals surface area contributed by atoms with Crippen molar-refractivity contribution in [2.24, 2.45) is 5.92 Å². The normalized spacial score (nSPS) is 11.9. The number of thioether (sulfide) groups is 1. The molecule has 0 saturated carbocycles. The van der Waals surface area contributed by atoms with Crippen molar-refractivity contribution in [3.05, 3.63) is 29.8 Å². The monoisotopic (exact) mass is 339 g/mol.